The molecule has 2 aromatic rings. The zero-order chi connectivity index (χ0) is 20.8. The van der Waals surface area contributed by atoms with E-state index in [9.17, 15) is 23.4 Å². The van der Waals surface area contributed by atoms with Crippen molar-refractivity contribution in [2.24, 2.45) is 0 Å². The van der Waals surface area contributed by atoms with Crippen LogP contribution in [0.25, 0.3) is 11.3 Å². The van der Waals surface area contributed by atoms with E-state index in [-0.39, 0.29) is 27.8 Å². The highest BCUT2D eigenvalue weighted by Crippen LogP contribution is 2.43. The van der Waals surface area contributed by atoms with Crippen LogP contribution in [-0.4, -0.2) is 56.0 Å². The summed E-state index contributed by atoms with van der Waals surface area (Å²) in [5.74, 6) is -0.103. The molecule has 1 heterocycles. The third-order valence-corrected chi connectivity index (χ3v) is 4.27. The summed E-state index contributed by atoms with van der Waals surface area (Å²) in [6.07, 6.45) is -6.24. The number of aliphatic hydroxyl groups excluding tert-OH is 1. The third-order valence-electron chi connectivity index (χ3n) is 3.99. The van der Waals surface area contributed by atoms with E-state index < -0.39 is 28.6 Å². The quantitative estimate of drug-likeness (QED) is 0.680. The van der Waals surface area contributed by atoms with Crippen molar-refractivity contribution in [3.05, 3.63) is 40.7 Å². The van der Waals surface area contributed by atoms with Crippen LogP contribution in [0.4, 0.5) is 19.0 Å². The smallest absolute Gasteiger partial charge is 0.390 e. The van der Waals surface area contributed by atoms with Gasteiger partial charge < -0.3 is 15.9 Å². The summed E-state index contributed by atoms with van der Waals surface area (Å²) in [5.41, 5.74) is 1.13. The SMILES string of the molecule is [B]C([B])([B])c1ccc(C(O)(C(C)O)C(F)(F)F)cc1-c1cnc(N)c(Cl)n1. The maximum absolute atomic E-state index is 13.5. The number of aromatic nitrogens is 2. The van der Waals surface area contributed by atoms with Crippen LogP contribution >= 0.6 is 11.6 Å². The minimum atomic E-state index is -5.18. The lowest BCUT2D eigenvalue weighted by molar-refractivity contribution is -0.295. The molecule has 0 aliphatic rings. The molecule has 0 amide bonds. The Bertz CT molecular complexity index is 862. The number of benzene rings is 1. The van der Waals surface area contributed by atoms with Gasteiger partial charge in [0.2, 0.25) is 5.60 Å². The van der Waals surface area contributed by atoms with Crippen LogP contribution in [0.15, 0.2) is 24.4 Å². The van der Waals surface area contributed by atoms with Crippen LogP contribution < -0.4 is 5.73 Å². The molecule has 0 fully saturated rings. The fraction of sp³-hybridized carbons (Fsp3) is 0.333. The number of hydrogen-bond acceptors (Lipinski definition) is 5. The zero-order valence-electron chi connectivity index (χ0n) is 14.0. The third kappa shape index (κ3) is 3.95. The minimum absolute atomic E-state index is 0.00324. The van der Waals surface area contributed by atoms with Crippen molar-refractivity contribution in [1.82, 2.24) is 9.97 Å². The highest BCUT2D eigenvalue weighted by Gasteiger charge is 2.58. The molecule has 0 saturated heterocycles. The molecule has 136 valence electrons. The molecule has 2 rings (SSSR count). The first-order chi connectivity index (χ1) is 12.2. The van der Waals surface area contributed by atoms with Gasteiger partial charge in [0, 0.05) is 5.56 Å². The number of anilines is 1. The van der Waals surface area contributed by atoms with Crippen LogP contribution in [-0.2, 0) is 10.7 Å². The summed E-state index contributed by atoms with van der Waals surface area (Å²) in [7, 11) is 17.0. The number of nitrogens with two attached hydrogens (primary N) is 1. The highest BCUT2D eigenvalue weighted by molar-refractivity contribution is 6.59. The van der Waals surface area contributed by atoms with Crippen molar-refractivity contribution in [3.63, 3.8) is 0 Å². The number of rotatable bonds is 4. The van der Waals surface area contributed by atoms with E-state index in [4.69, 9.17) is 40.9 Å². The van der Waals surface area contributed by atoms with Crippen molar-refractivity contribution in [3.8, 4) is 11.3 Å². The van der Waals surface area contributed by atoms with Crippen molar-refractivity contribution >= 4 is 41.0 Å². The topological polar surface area (TPSA) is 92.3 Å². The maximum atomic E-state index is 13.5. The van der Waals surface area contributed by atoms with E-state index in [0.29, 0.717) is 0 Å². The average molecular weight is 391 g/mol. The number of nitrogen functional groups attached to an aromatic ring is 1. The van der Waals surface area contributed by atoms with Gasteiger partial charge in [0.25, 0.3) is 0 Å². The lowest BCUT2D eigenvalue weighted by atomic mass is 9.39. The summed E-state index contributed by atoms with van der Waals surface area (Å²) >= 11 is 5.82. The molecule has 27 heavy (non-hydrogen) atoms. The Kier molecular flexibility index (Phi) is 5.62. The number of halogens is 4. The Morgan fingerprint density at radius 3 is 2.26 bits per heavy atom. The standard InChI is InChI=1S/C15H12B3ClF3N3O2/c1-6(26)13(27,15(20,21)22)7-2-3-9(14(16,17)18)8(4-7)10-5-24-12(23)11(19)25-10/h2-6,26-27H,1H3,(H2,23,24). The first-order valence-corrected chi connectivity index (χ1v) is 7.84. The second kappa shape index (κ2) is 7.03. The zero-order valence-corrected chi connectivity index (χ0v) is 14.8. The molecule has 0 saturated carbocycles. The van der Waals surface area contributed by atoms with Crippen LogP contribution in [0.2, 0.25) is 5.15 Å². The summed E-state index contributed by atoms with van der Waals surface area (Å²) in [4.78, 5) is 7.71. The molecule has 12 heteroatoms. The van der Waals surface area contributed by atoms with Gasteiger partial charge in [-0.15, -0.1) is 5.11 Å². The van der Waals surface area contributed by atoms with Gasteiger partial charge >= 0.3 is 6.18 Å². The molecule has 2 unspecified atom stereocenters. The molecule has 5 nitrogen and oxygen atoms in total. The van der Waals surface area contributed by atoms with Gasteiger partial charge in [0.15, 0.2) is 11.0 Å². The molecule has 1 aromatic heterocycles. The summed E-state index contributed by atoms with van der Waals surface area (Å²) in [6.45, 7) is 0.806. The normalized spacial score (nSPS) is 16.0. The number of nitrogens with zero attached hydrogens (tertiary/aromatic N) is 2. The van der Waals surface area contributed by atoms with E-state index in [1.54, 1.807) is 0 Å². The second-order valence-corrected chi connectivity index (χ2v) is 6.42. The largest absolute Gasteiger partial charge is 0.424 e. The van der Waals surface area contributed by atoms with Crippen molar-refractivity contribution in [1.29, 1.82) is 0 Å². The van der Waals surface area contributed by atoms with Gasteiger partial charge in [0.1, 0.15) is 0 Å². The molecule has 1 aromatic carbocycles. The summed E-state index contributed by atoms with van der Waals surface area (Å²) in [5, 5.41) is 17.7. The van der Waals surface area contributed by atoms with Crippen molar-refractivity contribution in [2.75, 3.05) is 5.73 Å². The molecule has 0 spiro atoms. The molecule has 2 atom stereocenters. The van der Waals surface area contributed by atoms with Crippen molar-refractivity contribution in [2.45, 2.75) is 29.9 Å². The number of hydrogen-bond donors (Lipinski definition) is 3. The summed E-state index contributed by atoms with van der Waals surface area (Å²) < 4.78 is 40.4. The predicted molar refractivity (Wildman–Crippen MR) is 97.5 cm³/mol. The maximum Gasteiger partial charge on any atom is 0.424 e. The molecule has 0 aliphatic carbocycles. The fourth-order valence-corrected chi connectivity index (χ4v) is 2.66. The lowest BCUT2D eigenvalue weighted by Crippen LogP contribution is -2.50. The highest BCUT2D eigenvalue weighted by atomic mass is 35.5. The predicted octanol–water partition coefficient (Wildman–Crippen LogP) is 1.13. The lowest BCUT2D eigenvalue weighted by Gasteiger charge is -2.35. The van der Waals surface area contributed by atoms with Crippen LogP contribution in [0.1, 0.15) is 18.1 Å². The molecular formula is C15H12B3ClF3N3O2. The van der Waals surface area contributed by atoms with Gasteiger partial charge in [-0.1, -0.05) is 29.3 Å². The number of alkyl halides is 3. The van der Waals surface area contributed by atoms with Gasteiger partial charge in [-0.2, -0.15) is 13.2 Å². The molecular weight excluding hydrogens is 379 g/mol. The van der Waals surface area contributed by atoms with Crippen LogP contribution in [0, 0.1) is 0 Å². The Morgan fingerprint density at radius 1 is 1.22 bits per heavy atom. The van der Waals surface area contributed by atoms with Crippen molar-refractivity contribution < 1.29 is 23.4 Å². The minimum Gasteiger partial charge on any atom is -0.390 e. The van der Waals surface area contributed by atoms with Crippen LogP contribution in [0.3, 0.4) is 0 Å². The monoisotopic (exact) mass is 391 g/mol. The molecule has 0 bridgehead atoms. The second-order valence-electron chi connectivity index (χ2n) is 6.06. The molecule has 6 radical (unpaired) electrons. The van der Waals surface area contributed by atoms with Gasteiger partial charge in [0.05, 0.1) is 41.5 Å². The Morgan fingerprint density at radius 2 is 1.81 bits per heavy atom. The van der Waals surface area contributed by atoms with E-state index in [2.05, 4.69) is 9.97 Å². The molecule has 0 aliphatic heterocycles. The van der Waals surface area contributed by atoms with Gasteiger partial charge in [-0.3, -0.25) is 0 Å². The molecule has 4 N–H and O–H groups in total. The first-order valence-electron chi connectivity index (χ1n) is 7.46. The van der Waals surface area contributed by atoms with E-state index in [1.807, 2.05) is 0 Å². The van der Waals surface area contributed by atoms with E-state index in [0.717, 1.165) is 31.3 Å². The Hall–Kier alpha value is -1.71. The number of aliphatic hydroxyl groups is 2. The van der Waals surface area contributed by atoms with E-state index in [1.165, 1.54) is 0 Å². The fourth-order valence-electron chi connectivity index (χ4n) is 2.52. The average Bonchev–Trinajstić information content (AvgIpc) is 2.54. The Labute approximate surface area is 162 Å². The van der Waals surface area contributed by atoms with Crippen LogP contribution in [0.5, 0.6) is 0 Å². The van der Waals surface area contributed by atoms with Gasteiger partial charge in [-0.05, 0) is 18.6 Å². The first kappa shape index (κ1) is 21.6. The Balaban J connectivity index is 2.81. The van der Waals surface area contributed by atoms with E-state index >= 15 is 0 Å². The summed E-state index contributed by atoms with van der Waals surface area (Å²) in [6, 6.07) is 2.91. The van der Waals surface area contributed by atoms with Gasteiger partial charge in [-0.25, -0.2) is 9.97 Å².